The van der Waals surface area contributed by atoms with Crippen LogP contribution in [0.2, 0.25) is 0 Å². The van der Waals surface area contributed by atoms with E-state index in [2.05, 4.69) is 0 Å². The number of hydrogen-bond acceptors (Lipinski definition) is 5. The van der Waals surface area contributed by atoms with Crippen LogP contribution in [0.5, 0.6) is 17.2 Å². The standard InChI is InChI=1S/C28H37FN2O4.BrH/c1-9-34-21-13-17-14-31(26(30)22(17)23(29)25(21)35-10-2)15-20(32)16-11-18(27(3,4)5)24(33)19(12-16)28(6,7)8;/h11-13,30,33H,9-10,14-15H2,1-8H3;1H. The Morgan fingerprint density at radius 2 is 1.56 bits per heavy atom. The van der Waals surface area contributed by atoms with Crippen LogP contribution in [0, 0.1) is 11.2 Å². The molecule has 0 spiro atoms. The van der Waals surface area contributed by atoms with E-state index in [1.807, 2.05) is 48.5 Å². The van der Waals surface area contributed by atoms with Crippen LogP contribution in [0.4, 0.5) is 4.39 Å². The molecule has 0 bridgehead atoms. The fraction of sp³-hybridized carbons (Fsp3) is 0.500. The van der Waals surface area contributed by atoms with E-state index in [4.69, 9.17) is 14.9 Å². The van der Waals surface area contributed by atoms with Crippen molar-refractivity contribution in [1.29, 1.82) is 5.41 Å². The van der Waals surface area contributed by atoms with Gasteiger partial charge in [-0.25, -0.2) is 4.39 Å². The van der Waals surface area contributed by atoms with Crippen molar-refractivity contribution in [2.45, 2.75) is 72.8 Å². The number of hydrogen-bond donors (Lipinski definition) is 2. The molecule has 198 valence electrons. The van der Waals surface area contributed by atoms with Crippen LogP contribution in [0.3, 0.4) is 0 Å². The van der Waals surface area contributed by atoms with E-state index in [0.29, 0.717) is 34.6 Å². The first-order chi connectivity index (χ1) is 16.2. The molecule has 0 atom stereocenters. The normalized spacial score (nSPS) is 13.4. The number of carbonyl (C=O) groups excluding carboxylic acids is 1. The van der Waals surface area contributed by atoms with Crippen LogP contribution >= 0.6 is 17.0 Å². The number of ether oxygens (including phenoxy) is 2. The van der Waals surface area contributed by atoms with E-state index in [-0.39, 0.29) is 76.2 Å². The van der Waals surface area contributed by atoms with Crippen LogP contribution in [0.25, 0.3) is 0 Å². The number of rotatable bonds is 7. The van der Waals surface area contributed by atoms with E-state index in [9.17, 15) is 9.90 Å². The average molecular weight is 566 g/mol. The summed E-state index contributed by atoms with van der Waals surface area (Å²) in [6, 6.07) is 5.17. The molecule has 6 nitrogen and oxygen atoms in total. The van der Waals surface area contributed by atoms with Crippen molar-refractivity contribution in [3.05, 3.63) is 51.8 Å². The van der Waals surface area contributed by atoms with Crippen molar-refractivity contribution in [2.75, 3.05) is 19.8 Å². The molecule has 0 aromatic heterocycles. The molecule has 2 aromatic carbocycles. The Kier molecular flexibility index (Phi) is 8.88. The minimum atomic E-state index is -0.637. The van der Waals surface area contributed by atoms with Gasteiger partial charge in [-0.1, -0.05) is 41.5 Å². The van der Waals surface area contributed by atoms with Gasteiger partial charge in [-0.3, -0.25) is 10.2 Å². The predicted molar refractivity (Wildman–Crippen MR) is 146 cm³/mol. The number of carbonyl (C=O) groups is 1. The highest BCUT2D eigenvalue weighted by atomic mass is 79.9. The van der Waals surface area contributed by atoms with Gasteiger partial charge < -0.3 is 19.5 Å². The van der Waals surface area contributed by atoms with Crippen molar-refractivity contribution < 1.29 is 23.8 Å². The molecular formula is C28H38BrFN2O4. The summed E-state index contributed by atoms with van der Waals surface area (Å²) in [7, 11) is 0. The van der Waals surface area contributed by atoms with Crippen LogP contribution in [-0.2, 0) is 17.4 Å². The molecule has 2 N–H and O–H groups in total. The van der Waals surface area contributed by atoms with Gasteiger partial charge >= 0.3 is 0 Å². The highest BCUT2D eigenvalue weighted by Crippen LogP contribution is 2.41. The number of phenols is 1. The van der Waals surface area contributed by atoms with Gasteiger partial charge in [0, 0.05) is 23.2 Å². The highest BCUT2D eigenvalue weighted by Gasteiger charge is 2.34. The summed E-state index contributed by atoms with van der Waals surface area (Å²) in [5.41, 5.74) is 1.84. The molecule has 0 saturated carbocycles. The predicted octanol–water partition coefficient (Wildman–Crippen LogP) is 6.53. The molecule has 2 aromatic rings. The molecule has 8 heteroatoms. The zero-order chi connectivity index (χ0) is 26.3. The number of fused-ring (bicyclic) bond motifs is 1. The van der Waals surface area contributed by atoms with E-state index in [0.717, 1.165) is 0 Å². The van der Waals surface area contributed by atoms with Crippen molar-refractivity contribution in [2.24, 2.45) is 0 Å². The number of nitrogens with zero attached hydrogens (tertiary/aromatic N) is 1. The molecule has 0 saturated heterocycles. The summed E-state index contributed by atoms with van der Waals surface area (Å²) in [6.07, 6.45) is 0. The van der Waals surface area contributed by atoms with Crippen molar-refractivity contribution in [3.8, 4) is 17.2 Å². The van der Waals surface area contributed by atoms with Gasteiger partial charge in [-0.05, 0) is 48.4 Å². The molecule has 0 amide bonds. The number of halogens is 2. The smallest absolute Gasteiger partial charge is 0.197 e. The Morgan fingerprint density at radius 3 is 2.03 bits per heavy atom. The molecule has 3 rings (SSSR count). The molecule has 0 unspecified atom stereocenters. The lowest BCUT2D eigenvalue weighted by Crippen LogP contribution is -2.31. The van der Waals surface area contributed by atoms with Crippen LogP contribution in [0.1, 0.15) is 88.0 Å². The Hall–Kier alpha value is -2.61. The Bertz CT molecular complexity index is 1130. The first-order valence-corrected chi connectivity index (χ1v) is 12.1. The molecular weight excluding hydrogens is 527 g/mol. The number of benzene rings is 2. The SMILES string of the molecule is Br.CCOc1cc2c(c(F)c1OCC)C(=N)N(CC(=O)c1cc(C(C)(C)C)c(O)c(C(C)(C)C)c1)C2. The largest absolute Gasteiger partial charge is 0.507 e. The van der Waals surface area contributed by atoms with Gasteiger partial charge in [0.2, 0.25) is 0 Å². The van der Waals surface area contributed by atoms with Gasteiger partial charge in [0.15, 0.2) is 23.1 Å². The van der Waals surface area contributed by atoms with Gasteiger partial charge in [0.25, 0.3) is 0 Å². The van der Waals surface area contributed by atoms with E-state index in [1.165, 1.54) is 0 Å². The van der Waals surface area contributed by atoms with Gasteiger partial charge in [-0.15, -0.1) is 17.0 Å². The number of phenolic OH excluding ortho intramolecular Hbond substituents is 1. The van der Waals surface area contributed by atoms with E-state index >= 15 is 4.39 Å². The lowest BCUT2D eigenvalue weighted by molar-refractivity contribution is 0.0962. The summed E-state index contributed by atoms with van der Waals surface area (Å²) in [5, 5.41) is 19.6. The van der Waals surface area contributed by atoms with Gasteiger partial charge in [0.05, 0.1) is 25.3 Å². The number of Topliss-reactive ketones (excluding diaryl/α,β-unsaturated/α-hetero) is 1. The summed E-state index contributed by atoms with van der Waals surface area (Å²) in [6.45, 7) is 16.3. The third-order valence-corrected chi connectivity index (χ3v) is 6.15. The molecule has 36 heavy (non-hydrogen) atoms. The topological polar surface area (TPSA) is 82.9 Å². The molecule has 1 heterocycles. The Labute approximate surface area is 224 Å². The fourth-order valence-electron chi connectivity index (χ4n) is 4.36. The quantitative estimate of drug-likeness (QED) is 0.374. The number of nitrogens with one attached hydrogen (secondary N) is 1. The third kappa shape index (κ3) is 5.69. The zero-order valence-electron chi connectivity index (χ0n) is 22.5. The minimum absolute atomic E-state index is 0. The highest BCUT2D eigenvalue weighted by molar-refractivity contribution is 8.93. The van der Waals surface area contributed by atoms with Crippen molar-refractivity contribution in [3.63, 3.8) is 0 Å². The monoisotopic (exact) mass is 564 g/mol. The third-order valence-electron chi connectivity index (χ3n) is 6.15. The number of amidine groups is 1. The fourth-order valence-corrected chi connectivity index (χ4v) is 4.36. The summed E-state index contributed by atoms with van der Waals surface area (Å²) >= 11 is 0. The molecule has 1 aliphatic rings. The van der Waals surface area contributed by atoms with E-state index < -0.39 is 5.82 Å². The lowest BCUT2D eigenvalue weighted by Gasteiger charge is -2.28. The maximum atomic E-state index is 15.4. The van der Waals surface area contributed by atoms with Gasteiger partial charge in [0.1, 0.15) is 11.6 Å². The maximum absolute atomic E-state index is 15.4. The Morgan fingerprint density at radius 1 is 1.03 bits per heavy atom. The van der Waals surface area contributed by atoms with Crippen molar-refractivity contribution in [1.82, 2.24) is 4.90 Å². The molecule has 0 radical (unpaired) electrons. The molecule has 0 aliphatic carbocycles. The second-order valence-corrected chi connectivity index (χ2v) is 11.0. The lowest BCUT2D eigenvalue weighted by atomic mass is 9.78. The van der Waals surface area contributed by atoms with Gasteiger partial charge in [-0.2, -0.15) is 0 Å². The molecule has 1 aliphatic heterocycles. The number of aromatic hydroxyl groups is 1. The number of ketones is 1. The second-order valence-electron chi connectivity index (χ2n) is 11.0. The summed E-state index contributed by atoms with van der Waals surface area (Å²) in [4.78, 5) is 15.0. The second kappa shape index (κ2) is 10.8. The molecule has 0 fully saturated rings. The first-order valence-electron chi connectivity index (χ1n) is 12.1. The van der Waals surface area contributed by atoms with Crippen LogP contribution in [-0.4, -0.2) is 41.4 Å². The maximum Gasteiger partial charge on any atom is 0.197 e. The van der Waals surface area contributed by atoms with Crippen molar-refractivity contribution >= 4 is 28.6 Å². The van der Waals surface area contributed by atoms with Crippen LogP contribution in [0.15, 0.2) is 18.2 Å². The average Bonchev–Trinajstić information content (AvgIpc) is 3.04. The minimum Gasteiger partial charge on any atom is -0.507 e. The Balaban J connectivity index is 0.00000456. The summed E-state index contributed by atoms with van der Waals surface area (Å²) < 4.78 is 26.4. The van der Waals surface area contributed by atoms with Crippen LogP contribution < -0.4 is 9.47 Å². The zero-order valence-corrected chi connectivity index (χ0v) is 24.2. The summed E-state index contributed by atoms with van der Waals surface area (Å²) in [5.74, 6) is -0.391. The first kappa shape index (κ1) is 29.6. The van der Waals surface area contributed by atoms with E-state index in [1.54, 1.807) is 30.0 Å².